The average molecular weight is 465 g/mol. The Balaban J connectivity index is 1.63. The molecule has 1 unspecified atom stereocenters. The maximum Gasteiger partial charge on any atom is 0.299 e. The highest BCUT2D eigenvalue weighted by atomic mass is 32.2. The number of benzene rings is 3. The number of nitrogens with one attached hydrogen (secondary N) is 1. The maximum absolute atomic E-state index is 13.3. The van der Waals surface area contributed by atoms with Gasteiger partial charge in [0.15, 0.2) is 0 Å². The van der Waals surface area contributed by atoms with Crippen LogP contribution in [0.4, 0.5) is 0 Å². The fourth-order valence-corrected chi connectivity index (χ4v) is 6.00. The van der Waals surface area contributed by atoms with E-state index in [1.807, 2.05) is 84.9 Å². The summed E-state index contributed by atoms with van der Waals surface area (Å²) in [6, 6.07) is 26.4. The number of rotatable bonds is 6. The predicted molar refractivity (Wildman–Crippen MR) is 130 cm³/mol. The number of nitrogens with zero attached hydrogens (tertiary/aromatic N) is 1. The first-order valence-corrected chi connectivity index (χ1v) is 12.4. The Bertz CT molecular complexity index is 1210. The fraction of sp³-hybridized carbons (Fsp3) is 0.269. The van der Waals surface area contributed by atoms with Crippen molar-refractivity contribution in [3.8, 4) is 11.1 Å². The molecule has 1 heterocycles. The largest absolute Gasteiger partial charge is 0.457 e. The van der Waals surface area contributed by atoms with Crippen LogP contribution >= 0.6 is 0 Å². The molecule has 0 saturated carbocycles. The zero-order valence-electron chi connectivity index (χ0n) is 18.7. The van der Waals surface area contributed by atoms with Crippen LogP contribution in [0, 0.1) is 0 Å². The van der Waals surface area contributed by atoms with Gasteiger partial charge in [0, 0.05) is 6.61 Å². The van der Waals surface area contributed by atoms with E-state index in [0.29, 0.717) is 12.0 Å². The standard InChI is InChI=1S/C26H28N2O4S/c1-26(2)24(22-15-13-20(14-16-22)19-9-5-3-6-10-19)33(30,31)28-25(32-26)27-23(17-18-29)21-11-7-4-8-12-21/h3-16,23-24,29H,17-18H2,1-2H3,(H,27,28)/t23-,24?/m0/s1. The molecule has 1 fully saturated rings. The summed E-state index contributed by atoms with van der Waals surface area (Å²) in [5.74, 6) is 0. The molecule has 6 nitrogen and oxygen atoms in total. The first-order chi connectivity index (χ1) is 15.8. The van der Waals surface area contributed by atoms with Gasteiger partial charge in [0.2, 0.25) is 10.0 Å². The number of ether oxygens (including phenoxy) is 1. The monoisotopic (exact) mass is 464 g/mol. The quantitative estimate of drug-likeness (QED) is 0.558. The van der Waals surface area contributed by atoms with Crippen LogP contribution in [0.25, 0.3) is 11.1 Å². The van der Waals surface area contributed by atoms with Crippen LogP contribution in [-0.4, -0.2) is 31.8 Å². The Morgan fingerprint density at radius 3 is 2.09 bits per heavy atom. The van der Waals surface area contributed by atoms with E-state index in [4.69, 9.17) is 4.74 Å². The van der Waals surface area contributed by atoms with E-state index < -0.39 is 26.9 Å². The van der Waals surface area contributed by atoms with Crippen LogP contribution in [0.2, 0.25) is 0 Å². The minimum Gasteiger partial charge on any atom is -0.457 e. The van der Waals surface area contributed by atoms with Gasteiger partial charge in [0.1, 0.15) is 10.9 Å². The number of aliphatic imine (C=N–C) groups is 1. The third-order valence-corrected chi connectivity index (χ3v) is 7.63. The van der Waals surface area contributed by atoms with E-state index in [0.717, 1.165) is 16.7 Å². The van der Waals surface area contributed by atoms with Crippen molar-refractivity contribution in [1.29, 1.82) is 0 Å². The second-order valence-corrected chi connectivity index (χ2v) is 10.4. The first-order valence-electron chi connectivity index (χ1n) is 10.9. The molecule has 0 radical (unpaired) electrons. The van der Waals surface area contributed by atoms with Crippen molar-refractivity contribution in [2.45, 2.75) is 37.2 Å². The SMILES string of the molecule is CC1(C)OC(=N[C@@H](CCO)c2ccccc2)NS(=O)(=O)C1c1ccc(-c2ccccc2)cc1. The second kappa shape index (κ2) is 9.37. The maximum atomic E-state index is 13.3. The summed E-state index contributed by atoms with van der Waals surface area (Å²) in [5.41, 5.74) is 2.53. The molecule has 0 spiro atoms. The number of sulfonamides is 1. The Morgan fingerprint density at radius 2 is 1.52 bits per heavy atom. The lowest BCUT2D eigenvalue weighted by Gasteiger charge is -2.39. The minimum absolute atomic E-state index is 0.0561. The molecule has 0 bridgehead atoms. The van der Waals surface area contributed by atoms with Crippen molar-refractivity contribution in [3.63, 3.8) is 0 Å². The molecule has 3 aromatic carbocycles. The van der Waals surface area contributed by atoms with Crippen molar-refractivity contribution in [1.82, 2.24) is 4.72 Å². The Hall–Kier alpha value is -3.16. The van der Waals surface area contributed by atoms with Gasteiger partial charge < -0.3 is 9.84 Å². The van der Waals surface area contributed by atoms with Crippen LogP contribution in [0.5, 0.6) is 0 Å². The zero-order valence-corrected chi connectivity index (χ0v) is 19.5. The number of amidine groups is 1. The Morgan fingerprint density at radius 1 is 0.939 bits per heavy atom. The minimum atomic E-state index is -3.82. The summed E-state index contributed by atoms with van der Waals surface area (Å²) < 4.78 is 35.2. The lowest BCUT2D eigenvalue weighted by molar-refractivity contribution is 0.0759. The van der Waals surface area contributed by atoms with Gasteiger partial charge in [0.25, 0.3) is 6.02 Å². The smallest absolute Gasteiger partial charge is 0.299 e. The van der Waals surface area contributed by atoms with Gasteiger partial charge in [-0.3, -0.25) is 0 Å². The summed E-state index contributed by atoms with van der Waals surface area (Å²) in [6.45, 7) is 3.42. The second-order valence-electron chi connectivity index (χ2n) is 8.59. The number of hydrogen-bond acceptors (Lipinski definition) is 5. The topological polar surface area (TPSA) is 88.0 Å². The molecular weight excluding hydrogens is 436 g/mol. The van der Waals surface area contributed by atoms with Crippen LogP contribution in [0.1, 0.15) is 42.7 Å². The third kappa shape index (κ3) is 5.10. The predicted octanol–water partition coefficient (Wildman–Crippen LogP) is 4.60. The Kier molecular flexibility index (Phi) is 6.54. The van der Waals surface area contributed by atoms with Crippen molar-refractivity contribution in [2.24, 2.45) is 4.99 Å². The molecule has 1 aliphatic heterocycles. The van der Waals surface area contributed by atoms with Crippen LogP contribution in [0.3, 0.4) is 0 Å². The molecule has 7 heteroatoms. The Labute approximate surface area is 195 Å². The van der Waals surface area contributed by atoms with Crippen molar-refractivity contribution >= 4 is 16.0 Å². The summed E-state index contributed by atoms with van der Waals surface area (Å²) >= 11 is 0. The van der Waals surface area contributed by atoms with Crippen molar-refractivity contribution in [2.75, 3.05) is 6.61 Å². The molecule has 0 aromatic heterocycles. The van der Waals surface area contributed by atoms with Gasteiger partial charge in [0.05, 0.1) is 6.04 Å². The van der Waals surface area contributed by atoms with Gasteiger partial charge in [-0.15, -0.1) is 0 Å². The van der Waals surface area contributed by atoms with E-state index in [1.165, 1.54) is 0 Å². The summed E-state index contributed by atoms with van der Waals surface area (Å²) in [4.78, 5) is 4.51. The highest BCUT2D eigenvalue weighted by Crippen LogP contribution is 2.39. The average Bonchev–Trinajstić information content (AvgIpc) is 2.79. The van der Waals surface area contributed by atoms with Crippen molar-refractivity contribution in [3.05, 3.63) is 96.1 Å². The molecule has 1 saturated heterocycles. The fourth-order valence-electron chi connectivity index (χ4n) is 4.24. The van der Waals surface area contributed by atoms with Crippen LogP contribution in [-0.2, 0) is 14.8 Å². The molecule has 2 N–H and O–H groups in total. The summed E-state index contributed by atoms with van der Waals surface area (Å²) in [5, 5.41) is 8.56. The van der Waals surface area contributed by atoms with E-state index in [-0.39, 0.29) is 12.6 Å². The molecule has 0 amide bonds. The van der Waals surface area contributed by atoms with Gasteiger partial charge in [-0.2, -0.15) is 0 Å². The van der Waals surface area contributed by atoms with Crippen LogP contribution < -0.4 is 4.72 Å². The van der Waals surface area contributed by atoms with E-state index in [2.05, 4.69) is 9.71 Å². The molecule has 2 atom stereocenters. The lowest BCUT2D eigenvalue weighted by Crippen LogP contribution is -2.53. The third-order valence-electron chi connectivity index (χ3n) is 5.71. The first kappa shape index (κ1) is 23.0. The molecule has 33 heavy (non-hydrogen) atoms. The zero-order chi connectivity index (χ0) is 23.5. The number of aliphatic hydroxyl groups is 1. The molecule has 3 aromatic rings. The summed E-state index contributed by atoms with van der Waals surface area (Å²) in [7, 11) is -3.82. The van der Waals surface area contributed by atoms with E-state index in [1.54, 1.807) is 13.8 Å². The van der Waals surface area contributed by atoms with Crippen molar-refractivity contribution < 1.29 is 18.3 Å². The van der Waals surface area contributed by atoms with E-state index >= 15 is 0 Å². The number of aliphatic hydroxyl groups excluding tert-OH is 1. The van der Waals surface area contributed by atoms with Gasteiger partial charge in [-0.25, -0.2) is 18.1 Å². The molecule has 0 aliphatic carbocycles. The molecule has 4 rings (SSSR count). The molecule has 1 aliphatic rings. The highest BCUT2D eigenvalue weighted by Gasteiger charge is 2.48. The summed E-state index contributed by atoms with van der Waals surface area (Å²) in [6.07, 6.45) is 0.351. The highest BCUT2D eigenvalue weighted by molar-refractivity contribution is 7.90. The van der Waals surface area contributed by atoms with Gasteiger partial charge in [-0.05, 0) is 42.5 Å². The normalized spacial score (nSPS) is 21.1. The van der Waals surface area contributed by atoms with E-state index in [9.17, 15) is 13.5 Å². The molecule has 172 valence electrons. The lowest BCUT2D eigenvalue weighted by atomic mass is 9.95. The molecular formula is C26H28N2O4S. The van der Waals surface area contributed by atoms with Crippen LogP contribution in [0.15, 0.2) is 89.9 Å². The van der Waals surface area contributed by atoms with Gasteiger partial charge in [-0.1, -0.05) is 84.9 Å². The van der Waals surface area contributed by atoms with Gasteiger partial charge >= 0.3 is 0 Å². The number of hydrogen-bond donors (Lipinski definition) is 2.